The summed E-state index contributed by atoms with van der Waals surface area (Å²) in [5.74, 6) is -0.163. The van der Waals surface area contributed by atoms with E-state index in [1.807, 2.05) is 25.9 Å². The van der Waals surface area contributed by atoms with Crippen LogP contribution in [0.4, 0.5) is 0 Å². The van der Waals surface area contributed by atoms with E-state index in [9.17, 15) is 4.79 Å². The lowest BCUT2D eigenvalue weighted by atomic mass is 10.1. The highest BCUT2D eigenvalue weighted by atomic mass is 16.5. The van der Waals surface area contributed by atoms with Crippen molar-refractivity contribution in [2.45, 2.75) is 59.3 Å². The van der Waals surface area contributed by atoms with E-state index in [2.05, 4.69) is 13.8 Å². The molecule has 0 aliphatic heterocycles. The number of hydrogen-bond acceptors (Lipinski definition) is 3. The number of carbonyl (C=O) groups excluding carboxylic acids is 1. The van der Waals surface area contributed by atoms with Gasteiger partial charge in [0.15, 0.2) is 0 Å². The number of esters is 1. The average Bonchev–Trinajstić information content (AvgIpc) is 2.34. The van der Waals surface area contributed by atoms with Gasteiger partial charge in [0.2, 0.25) is 0 Å². The molecule has 106 valence electrons. The van der Waals surface area contributed by atoms with Crippen LogP contribution < -0.4 is 0 Å². The Bertz CT molecular complexity index is 270. The molecule has 0 aromatic carbocycles. The quantitative estimate of drug-likeness (QED) is 0.357. The first-order valence-corrected chi connectivity index (χ1v) is 7.08. The molecule has 0 aliphatic rings. The highest BCUT2D eigenvalue weighted by Gasteiger charge is 2.13. The van der Waals surface area contributed by atoms with Gasteiger partial charge in [0.05, 0.1) is 12.2 Å². The van der Waals surface area contributed by atoms with Gasteiger partial charge >= 0.3 is 5.97 Å². The monoisotopic (exact) mass is 255 g/mol. The number of allylic oxidation sites excluding steroid dienone is 1. The highest BCUT2D eigenvalue weighted by Crippen LogP contribution is 2.15. The second kappa shape index (κ2) is 9.98. The fraction of sp³-hybridized carbons (Fsp3) is 0.800. The molecule has 0 radical (unpaired) electrons. The highest BCUT2D eigenvalue weighted by molar-refractivity contribution is 5.88. The zero-order valence-electron chi connectivity index (χ0n) is 12.7. The lowest BCUT2D eigenvalue weighted by molar-refractivity contribution is -0.139. The van der Waals surface area contributed by atoms with Gasteiger partial charge in [-0.1, -0.05) is 39.5 Å². The van der Waals surface area contributed by atoms with E-state index < -0.39 is 0 Å². The van der Waals surface area contributed by atoms with Crippen molar-refractivity contribution in [2.24, 2.45) is 0 Å². The minimum absolute atomic E-state index is 0.163. The summed E-state index contributed by atoms with van der Waals surface area (Å²) in [6, 6.07) is 0. The smallest absolute Gasteiger partial charge is 0.335 e. The average molecular weight is 255 g/mol. The maximum Gasteiger partial charge on any atom is 0.335 e. The van der Waals surface area contributed by atoms with Crippen molar-refractivity contribution in [1.82, 2.24) is 4.90 Å². The molecule has 3 heteroatoms. The molecule has 0 spiro atoms. The number of unbranched alkanes of at least 4 members (excludes halogenated alkanes) is 3. The van der Waals surface area contributed by atoms with Crippen LogP contribution in [0.3, 0.4) is 0 Å². The standard InChI is InChI=1S/C15H29NO2/c1-6-8-9-10-12-18-15(17)13(3)14(11-7-2)16(4)5/h6-12H2,1-5H3. The van der Waals surface area contributed by atoms with Crippen LogP contribution >= 0.6 is 0 Å². The summed E-state index contributed by atoms with van der Waals surface area (Å²) in [6.07, 6.45) is 6.48. The summed E-state index contributed by atoms with van der Waals surface area (Å²) >= 11 is 0. The Morgan fingerprint density at radius 1 is 1.06 bits per heavy atom. The first kappa shape index (κ1) is 17.0. The Balaban J connectivity index is 4.24. The van der Waals surface area contributed by atoms with Crippen molar-refractivity contribution in [3.8, 4) is 0 Å². The third-order valence-electron chi connectivity index (χ3n) is 3.00. The molecule has 0 N–H and O–H groups in total. The number of hydrogen-bond donors (Lipinski definition) is 0. The molecule has 0 saturated heterocycles. The lowest BCUT2D eigenvalue weighted by Gasteiger charge is -2.19. The number of rotatable bonds is 9. The molecular formula is C15H29NO2. The zero-order valence-corrected chi connectivity index (χ0v) is 12.7. The molecule has 0 saturated carbocycles. The first-order valence-electron chi connectivity index (χ1n) is 7.08. The predicted octanol–water partition coefficient (Wildman–Crippen LogP) is 3.75. The maximum atomic E-state index is 11.9. The molecule has 0 fully saturated rings. The lowest BCUT2D eigenvalue weighted by Crippen LogP contribution is -2.18. The van der Waals surface area contributed by atoms with Gasteiger partial charge in [0, 0.05) is 19.8 Å². The first-order chi connectivity index (χ1) is 8.54. The number of ether oxygens (including phenoxy) is 1. The van der Waals surface area contributed by atoms with Gasteiger partial charge in [0.25, 0.3) is 0 Å². The Labute approximate surface area is 112 Å². The Kier molecular flexibility index (Phi) is 9.43. The van der Waals surface area contributed by atoms with Crippen LogP contribution in [0.1, 0.15) is 59.3 Å². The van der Waals surface area contributed by atoms with E-state index in [0.29, 0.717) is 6.61 Å². The molecule has 0 atom stereocenters. The molecule has 0 unspecified atom stereocenters. The summed E-state index contributed by atoms with van der Waals surface area (Å²) in [6.45, 7) is 6.70. The molecule has 0 bridgehead atoms. The van der Waals surface area contributed by atoms with E-state index in [4.69, 9.17) is 4.74 Å². The van der Waals surface area contributed by atoms with E-state index in [-0.39, 0.29) is 5.97 Å². The molecule has 0 aromatic rings. The summed E-state index contributed by atoms with van der Waals surface area (Å²) in [4.78, 5) is 13.9. The van der Waals surface area contributed by atoms with E-state index >= 15 is 0 Å². The van der Waals surface area contributed by atoms with Crippen molar-refractivity contribution >= 4 is 5.97 Å². The molecule has 0 heterocycles. The van der Waals surface area contributed by atoms with Gasteiger partial charge in [-0.05, 0) is 19.8 Å². The third kappa shape index (κ3) is 6.67. The van der Waals surface area contributed by atoms with Crippen LogP contribution in [0, 0.1) is 0 Å². The van der Waals surface area contributed by atoms with E-state index in [1.165, 1.54) is 12.8 Å². The van der Waals surface area contributed by atoms with Crippen LogP contribution in [-0.4, -0.2) is 31.6 Å². The normalized spacial score (nSPS) is 12.1. The molecular weight excluding hydrogens is 226 g/mol. The van der Waals surface area contributed by atoms with E-state index in [1.54, 1.807) is 0 Å². The van der Waals surface area contributed by atoms with Crippen molar-refractivity contribution in [2.75, 3.05) is 20.7 Å². The minimum Gasteiger partial charge on any atom is -0.462 e. The zero-order chi connectivity index (χ0) is 14.0. The largest absolute Gasteiger partial charge is 0.462 e. The van der Waals surface area contributed by atoms with Crippen LogP contribution in [0.25, 0.3) is 0 Å². The molecule has 18 heavy (non-hydrogen) atoms. The van der Waals surface area contributed by atoms with Crippen molar-refractivity contribution in [3.63, 3.8) is 0 Å². The van der Waals surface area contributed by atoms with Gasteiger partial charge in [-0.3, -0.25) is 0 Å². The summed E-state index contributed by atoms with van der Waals surface area (Å²) in [5.41, 5.74) is 1.83. The van der Waals surface area contributed by atoms with E-state index in [0.717, 1.165) is 37.0 Å². The predicted molar refractivity (Wildman–Crippen MR) is 76.4 cm³/mol. The molecule has 0 aromatic heterocycles. The Hall–Kier alpha value is -0.990. The topological polar surface area (TPSA) is 29.5 Å². The van der Waals surface area contributed by atoms with Gasteiger partial charge < -0.3 is 9.64 Å². The fourth-order valence-electron chi connectivity index (χ4n) is 1.90. The van der Waals surface area contributed by atoms with Crippen molar-refractivity contribution in [3.05, 3.63) is 11.3 Å². The SMILES string of the molecule is CCCCCCOC(=O)C(C)=C(CCC)N(C)C. The molecule has 0 aliphatic carbocycles. The molecule has 0 rings (SSSR count). The summed E-state index contributed by atoms with van der Waals surface area (Å²) < 4.78 is 5.30. The van der Waals surface area contributed by atoms with Crippen LogP contribution in [0.5, 0.6) is 0 Å². The van der Waals surface area contributed by atoms with Crippen LogP contribution in [0.2, 0.25) is 0 Å². The van der Waals surface area contributed by atoms with Crippen molar-refractivity contribution < 1.29 is 9.53 Å². The summed E-state index contributed by atoms with van der Waals surface area (Å²) in [7, 11) is 3.95. The number of nitrogens with zero attached hydrogens (tertiary/aromatic N) is 1. The summed E-state index contributed by atoms with van der Waals surface area (Å²) in [5, 5.41) is 0. The second-order valence-electron chi connectivity index (χ2n) is 4.91. The second-order valence-corrected chi connectivity index (χ2v) is 4.91. The third-order valence-corrected chi connectivity index (χ3v) is 3.00. The van der Waals surface area contributed by atoms with Gasteiger partial charge in [-0.25, -0.2) is 4.79 Å². The molecule has 0 amide bonds. The van der Waals surface area contributed by atoms with Gasteiger partial charge in [0.1, 0.15) is 0 Å². The van der Waals surface area contributed by atoms with Crippen molar-refractivity contribution in [1.29, 1.82) is 0 Å². The minimum atomic E-state index is -0.163. The Morgan fingerprint density at radius 2 is 1.72 bits per heavy atom. The molecule has 3 nitrogen and oxygen atoms in total. The van der Waals surface area contributed by atoms with Crippen LogP contribution in [-0.2, 0) is 9.53 Å². The van der Waals surface area contributed by atoms with Crippen LogP contribution in [0.15, 0.2) is 11.3 Å². The fourth-order valence-corrected chi connectivity index (χ4v) is 1.90. The van der Waals surface area contributed by atoms with Gasteiger partial charge in [-0.2, -0.15) is 0 Å². The number of carbonyl (C=O) groups is 1. The maximum absolute atomic E-state index is 11.9. The Morgan fingerprint density at radius 3 is 2.22 bits per heavy atom. The van der Waals surface area contributed by atoms with Gasteiger partial charge in [-0.15, -0.1) is 0 Å².